The third-order valence-electron chi connectivity index (χ3n) is 5.00. The van der Waals surface area contributed by atoms with E-state index < -0.39 is 10.0 Å². The van der Waals surface area contributed by atoms with Gasteiger partial charge in [-0.3, -0.25) is 0 Å². The van der Waals surface area contributed by atoms with Gasteiger partial charge in [0.05, 0.1) is 12.8 Å². The third kappa shape index (κ3) is 6.95. The highest BCUT2D eigenvalue weighted by molar-refractivity contribution is 7.88. The normalized spacial score (nSPS) is 14.7. The number of allylic oxidation sites excluding steroid dienone is 6. The summed E-state index contributed by atoms with van der Waals surface area (Å²) in [4.78, 5) is 16.8. The van der Waals surface area contributed by atoms with E-state index in [9.17, 15) is 13.2 Å². The van der Waals surface area contributed by atoms with Crippen molar-refractivity contribution in [1.29, 1.82) is 0 Å². The van der Waals surface area contributed by atoms with E-state index in [4.69, 9.17) is 0 Å². The molecule has 2 heterocycles. The number of pyridine rings is 1. The summed E-state index contributed by atoms with van der Waals surface area (Å²) in [5.41, 5.74) is 4.73. The quantitative estimate of drug-likeness (QED) is 0.267. The average molecular weight is 464 g/mol. The molecule has 7 nitrogen and oxygen atoms in total. The first kappa shape index (κ1) is 24.1. The van der Waals surface area contributed by atoms with Crippen LogP contribution in [0.2, 0.25) is 0 Å². The van der Waals surface area contributed by atoms with Gasteiger partial charge in [-0.25, -0.2) is 22.5 Å². The number of hydrogen-bond donors (Lipinski definition) is 1. The number of nitrogens with zero attached hydrogens (tertiary/aromatic N) is 3. The molecule has 0 unspecified atom stereocenters. The number of rotatable bonds is 9. The molecular formula is C25H27N4O3S+. The molecule has 1 N–H and O–H groups in total. The van der Waals surface area contributed by atoms with Crippen LogP contribution in [0.15, 0.2) is 84.3 Å². The maximum absolute atomic E-state index is 11.2. The zero-order valence-electron chi connectivity index (χ0n) is 18.7. The molecule has 0 saturated carbocycles. The molecule has 1 aromatic carbocycles. The van der Waals surface area contributed by atoms with Crippen molar-refractivity contribution >= 4 is 39.1 Å². The Morgan fingerprint density at radius 1 is 1.18 bits per heavy atom. The highest BCUT2D eigenvalue weighted by atomic mass is 32.2. The zero-order chi connectivity index (χ0) is 23.7. The molecule has 0 aliphatic carbocycles. The van der Waals surface area contributed by atoms with Crippen molar-refractivity contribution in [2.75, 3.05) is 24.2 Å². The van der Waals surface area contributed by atoms with E-state index in [-0.39, 0.29) is 6.54 Å². The number of aromatic nitrogens is 1. The van der Waals surface area contributed by atoms with Gasteiger partial charge in [0.25, 0.3) is 0 Å². The molecule has 33 heavy (non-hydrogen) atoms. The van der Waals surface area contributed by atoms with Gasteiger partial charge in [0.2, 0.25) is 16.1 Å². The zero-order valence-corrected chi connectivity index (χ0v) is 19.5. The van der Waals surface area contributed by atoms with Crippen LogP contribution in [-0.4, -0.2) is 33.8 Å². The van der Waals surface area contributed by atoms with E-state index in [2.05, 4.69) is 52.0 Å². The number of sulfonamides is 1. The monoisotopic (exact) mass is 463 g/mol. The highest BCUT2D eigenvalue weighted by Gasteiger charge is 2.13. The van der Waals surface area contributed by atoms with Crippen molar-refractivity contribution in [3.05, 3.63) is 90.4 Å². The average Bonchev–Trinajstić information content (AvgIpc) is 2.79. The van der Waals surface area contributed by atoms with E-state index in [0.29, 0.717) is 12.2 Å². The molecule has 8 heteroatoms. The lowest BCUT2D eigenvalue weighted by atomic mass is 9.99. The van der Waals surface area contributed by atoms with Gasteiger partial charge >= 0.3 is 0 Å². The van der Waals surface area contributed by atoms with Crippen LogP contribution in [0.3, 0.4) is 0 Å². The molecule has 0 saturated heterocycles. The lowest BCUT2D eigenvalue weighted by Crippen LogP contribution is -2.39. The topological polar surface area (TPSA) is 82.7 Å². The summed E-state index contributed by atoms with van der Waals surface area (Å²) in [5, 5.41) is 0. The number of anilines is 1. The van der Waals surface area contributed by atoms with Gasteiger partial charge in [-0.15, -0.1) is 0 Å². The number of carbonyl (C=O) groups excluding carboxylic acids is 1. The molecule has 170 valence electrons. The van der Waals surface area contributed by atoms with Crippen molar-refractivity contribution in [3.8, 4) is 0 Å². The number of nitrogens with one attached hydrogen (secondary N) is 1. The van der Waals surface area contributed by atoms with Gasteiger partial charge in [-0.2, -0.15) is 4.99 Å². The van der Waals surface area contributed by atoms with E-state index in [1.807, 2.05) is 48.7 Å². The standard InChI is InChI=1S/C25H27N4O3S/c1-3-29-17-14-21(23-11-7-8-12-25(23)29)9-5-4-6-10-22-13-16-28(19-24(22)26-20-30)18-15-27-33(2,31)32/h4-14,16-17,19,27H,3,15,18H2,1-2H3/q+1. The molecule has 0 spiro atoms. The molecule has 0 atom stereocenters. The Kier molecular flexibility index (Phi) is 8.27. The van der Waals surface area contributed by atoms with Crippen molar-refractivity contribution in [2.24, 2.45) is 4.99 Å². The molecule has 0 bridgehead atoms. The fraction of sp³-hybridized carbons (Fsp3) is 0.200. The predicted octanol–water partition coefficient (Wildman–Crippen LogP) is 3.50. The van der Waals surface area contributed by atoms with E-state index in [1.54, 1.807) is 16.8 Å². The minimum atomic E-state index is -3.25. The summed E-state index contributed by atoms with van der Waals surface area (Å²) in [6, 6.07) is 10.1. The van der Waals surface area contributed by atoms with Crippen LogP contribution >= 0.6 is 0 Å². The van der Waals surface area contributed by atoms with Crippen molar-refractivity contribution in [2.45, 2.75) is 13.5 Å². The van der Waals surface area contributed by atoms with Crippen LogP contribution in [0.5, 0.6) is 0 Å². The van der Waals surface area contributed by atoms with Gasteiger partial charge in [0.1, 0.15) is 5.69 Å². The molecule has 1 aliphatic heterocycles. The summed E-state index contributed by atoms with van der Waals surface area (Å²) in [5.74, 6) is 0. The van der Waals surface area contributed by atoms with Crippen LogP contribution in [0.1, 0.15) is 18.1 Å². The van der Waals surface area contributed by atoms with Gasteiger partial charge in [-0.1, -0.05) is 48.6 Å². The molecule has 2 aromatic rings. The van der Waals surface area contributed by atoms with Crippen molar-refractivity contribution in [1.82, 2.24) is 4.72 Å². The Bertz CT molecular complexity index is 1270. The Morgan fingerprint density at radius 3 is 2.76 bits per heavy atom. The van der Waals surface area contributed by atoms with E-state index in [0.717, 1.165) is 23.9 Å². The fourth-order valence-electron chi connectivity index (χ4n) is 3.43. The molecule has 0 fully saturated rings. The summed E-state index contributed by atoms with van der Waals surface area (Å²) >= 11 is 0. The van der Waals surface area contributed by atoms with Crippen LogP contribution < -0.4 is 14.2 Å². The molecule has 0 amide bonds. The Hall–Kier alpha value is -3.58. The van der Waals surface area contributed by atoms with Gasteiger partial charge in [0, 0.05) is 35.6 Å². The van der Waals surface area contributed by atoms with Gasteiger partial charge in [0.15, 0.2) is 18.9 Å². The second kappa shape index (κ2) is 11.3. The Morgan fingerprint density at radius 2 is 2.00 bits per heavy atom. The Balaban J connectivity index is 1.71. The number of isocyanates is 1. The summed E-state index contributed by atoms with van der Waals surface area (Å²) in [6.45, 7) is 3.70. The lowest BCUT2D eigenvalue weighted by Gasteiger charge is -2.26. The van der Waals surface area contributed by atoms with Crippen LogP contribution in [0.25, 0.3) is 11.6 Å². The number of benzene rings is 1. The minimum Gasteiger partial charge on any atom is -0.348 e. The SMILES string of the molecule is CCN1C=CC(=CC=CC=Cc2cc[n+](CCNS(C)(=O)=O)cc2N=C=O)c2ccccc21. The predicted molar refractivity (Wildman–Crippen MR) is 132 cm³/mol. The summed E-state index contributed by atoms with van der Waals surface area (Å²) in [7, 11) is -3.25. The first-order valence-corrected chi connectivity index (χ1v) is 12.5. The van der Waals surface area contributed by atoms with Crippen molar-refractivity contribution in [3.63, 3.8) is 0 Å². The lowest BCUT2D eigenvalue weighted by molar-refractivity contribution is -0.694. The van der Waals surface area contributed by atoms with E-state index >= 15 is 0 Å². The molecule has 1 aromatic heterocycles. The summed E-state index contributed by atoms with van der Waals surface area (Å²) in [6.07, 6.45) is 20.0. The first-order valence-electron chi connectivity index (χ1n) is 10.6. The second-order valence-electron chi connectivity index (χ2n) is 7.38. The third-order valence-corrected chi connectivity index (χ3v) is 5.73. The largest absolute Gasteiger partial charge is 0.348 e. The van der Waals surface area contributed by atoms with Gasteiger partial charge in [-0.05, 0) is 24.6 Å². The van der Waals surface area contributed by atoms with Crippen molar-refractivity contribution < 1.29 is 17.8 Å². The number of para-hydroxylation sites is 1. The number of fused-ring (bicyclic) bond motifs is 1. The van der Waals surface area contributed by atoms with Crippen LogP contribution in [0.4, 0.5) is 11.4 Å². The molecule has 1 aliphatic rings. The van der Waals surface area contributed by atoms with Gasteiger partial charge < -0.3 is 4.90 Å². The molecular weight excluding hydrogens is 436 g/mol. The molecule has 0 radical (unpaired) electrons. The molecule has 3 rings (SSSR count). The second-order valence-corrected chi connectivity index (χ2v) is 9.21. The minimum absolute atomic E-state index is 0.244. The highest BCUT2D eigenvalue weighted by Crippen LogP contribution is 2.32. The first-order chi connectivity index (χ1) is 15.9. The Labute approximate surface area is 194 Å². The van der Waals surface area contributed by atoms with Crippen LogP contribution in [-0.2, 0) is 21.4 Å². The van der Waals surface area contributed by atoms with Crippen LogP contribution in [0, 0.1) is 0 Å². The maximum Gasteiger partial charge on any atom is 0.240 e. The maximum atomic E-state index is 11.2. The number of hydrogen-bond acceptors (Lipinski definition) is 5. The fourth-order valence-corrected chi connectivity index (χ4v) is 3.89. The van der Waals surface area contributed by atoms with E-state index in [1.165, 1.54) is 11.3 Å². The smallest absolute Gasteiger partial charge is 0.240 e. The summed E-state index contributed by atoms with van der Waals surface area (Å²) < 4.78 is 26.6. The number of aliphatic imine (C=N–C) groups is 1.